The van der Waals surface area contributed by atoms with E-state index in [4.69, 9.17) is 14.2 Å². The lowest BCUT2D eigenvalue weighted by molar-refractivity contribution is -0.0406. The lowest BCUT2D eigenvalue weighted by Crippen LogP contribution is -2.42. The van der Waals surface area contributed by atoms with Gasteiger partial charge in [0.2, 0.25) is 0 Å². The molecule has 1 unspecified atom stereocenters. The van der Waals surface area contributed by atoms with Crippen molar-refractivity contribution in [2.75, 3.05) is 45.8 Å². The molecule has 2 aromatic carbocycles. The summed E-state index contributed by atoms with van der Waals surface area (Å²) in [6, 6.07) is 9.69. The van der Waals surface area contributed by atoms with Gasteiger partial charge in [-0.3, -0.25) is 0 Å². The fourth-order valence-electron chi connectivity index (χ4n) is 3.30. The number of benzene rings is 2. The molecule has 4 rings (SSSR count). The Labute approximate surface area is 192 Å². The summed E-state index contributed by atoms with van der Waals surface area (Å²) in [4.78, 5) is 11.1. The normalized spacial score (nSPS) is 17.1. The summed E-state index contributed by atoms with van der Waals surface area (Å²) in [5.74, 6) is 1.95. The maximum atomic E-state index is 6.04. The molecule has 1 aliphatic heterocycles. The number of ether oxygens (including phenoxy) is 3. The lowest BCUT2D eigenvalue weighted by atomic mass is 10.2. The molecule has 1 fully saturated rings. The van der Waals surface area contributed by atoms with Crippen molar-refractivity contribution in [1.82, 2.24) is 14.9 Å². The minimum Gasteiger partial charge on any atom is -0.493 e. The van der Waals surface area contributed by atoms with Crippen LogP contribution in [-0.4, -0.2) is 61.4 Å². The van der Waals surface area contributed by atoms with Crippen LogP contribution in [0.15, 0.2) is 45.6 Å². The van der Waals surface area contributed by atoms with Crippen LogP contribution in [0.25, 0.3) is 10.9 Å². The summed E-state index contributed by atoms with van der Waals surface area (Å²) in [5, 5.41) is 4.20. The van der Waals surface area contributed by atoms with Gasteiger partial charge in [0.15, 0.2) is 11.5 Å². The molecule has 3 aromatic rings. The summed E-state index contributed by atoms with van der Waals surface area (Å²) in [5.41, 5.74) is 1.66. The predicted octanol–water partition coefficient (Wildman–Crippen LogP) is 4.62. The van der Waals surface area contributed by atoms with Crippen LogP contribution in [0.3, 0.4) is 0 Å². The van der Waals surface area contributed by atoms with Gasteiger partial charge in [-0.2, -0.15) is 0 Å². The maximum absolute atomic E-state index is 6.04. The van der Waals surface area contributed by atoms with Crippen molar-refractivity contribution in [3.63, 3.8) is 0 Å². The number of likely N-dealkylation sites (N-methyl/N-ethyl adjacent to an activating group) is 1. The monoisotopic (exact) mass is 536 g/mol. The van der Waals surface area contributed by atoms with Gasteiger partial charge >= 0.3 is 0 Å². The number of methoxy groups -OCH3 is 1. The quantitative estimate of drug-likeness (QED) is 0.492. The van der Waals surface area contributed by atoms with Gasteiger partial charge in [-0.25, -0.2) is 9.97 Å². The number of nitrogens with zero attached hydrogens (tertiary/aromatic N) is 3. The molecule has 158 valence electrons. The molecule has 9 heteroatoms. The molecule has 0 saturated carbocycles. The van der Waals surface area contributed by atoms with Gasteiger partial charge in [0.05, 0.1) is 24.9 Å². The van der Waals surface area contributed by atoms with Gasteiger partial charge < -0.3 is 24.4 Å². The smallest absolute Gasteiger partial charge is 0.163 e. The highest BCUT2D eigenvalue weighted by molar-refractivity contribution is 9.11. The highest BCUT2D eigenvalue weighted by atomic mass is 79.9. The van der Waals surface area contributed by atoms with Crippen LogP contribution in [0.4, 0.5) is 11.5 Å². The van der Waals surface area contributed by atoms with E-state index in [2.05, 4.69) is 59.1 Å². The SMILES string of the molecule is COc1cc2c(Nc3ccc(Br)cc3Br)ncnc2cc1OCC1CN(C)CCO1. The first kappa shape index (κ1) is 21.3. The first-order valence-corrected chi connectivity index (χ1v) is 11.1. The standard InChI is InChI=1S/C21H22Br2N4O3/c1-27-5-6-29-14(10-27)11-30-20-9-18-15(8-19(20)28-2)21(25-12-24-18)26-17-4-3-13(22)7-16(17)23/h3-4,7-9,12,14H,5-6,10-11H2,1-2H3,(H,24,25,26). The summed E-state index contributed by atoms with van der Waals surface area (Å²) < 4.78 is 19.3. The third-order valence-electron chi connectivity index (χ3n) is 4.87. The van der Waals surface area contributed by atoms with Crippen LogP contribution in [0.5, 0.6) is 11.5 Å². The second-order valence-corrected chi connectivity index (χ2v) is 8.83. The molecule has 0 spiro atoms. The number of nitrogens with one attached hydrogen (secondary N) is 1. The summed E-state index contributed by atoms with van der Waals surface area (Å²) in [7, 11) is 3.71. The van der Waals surface area contributed by atoms with Crippen LogP contribution in [0.2, 0.25) is 0 Å². The molecule has 1 aromatic heterocycles. The Balaban J connectivity index is 1.60. The zero-order chi connectivity index (χ0) is 21.1. The minimum atomic E-state index is 0.0292. The molecule has 7 nitrogen and oxygen atoms in total. The number of hydrogen-bond donors (Lipinski definition) is 1. The Morgan fingerprint density at radius 1 is 1.20 bits per heavy atom. The van der Waals surface area contributed by atoms with Gasteiger partial charge in [0.25, 0.3) is 0 Å². The molecule has 0 amide bonds. The van der Waals surface area contributed by atoms with E-state index in [1.165, 1.54) is 6.33 Å². The molecule has 2 heterocycles. The second-order valence-electron chi connectivity index (χ2n) is 7.06. The first-order valence-electron chi connectivity index (χ1n) is 9.51. The Morgan fingerprint density at radius 2 is 2.07 bits per heavy atom. The van der Waals surface area contributed by atoms with Crippen molar-refractivity contribution in [1.29, 1.82) is 0 Å². The number of anilines is 2. The first-order chi connectivity index (χ1) is 14.5. The van der Waals surface area contributed by atoms with Crippen LogP contribution < -0.4 is 14.8 Å². The van der Waals surface area contributed by atoms with E-state index in [-0.39, 0.29) is 6.10 Å². The third kappa shape index (κ3) is 4.85. The molecule has 1 saturated heterocycles. The highest BCUT2D eigenvalue weighted by Crippen LogP contribution is 2.36. The van der Waals surface area contributed by atoms with E-state index in [0.717, 1.165) is 38.6 Å². The molecule has 0 aliphatic carbocycles. The Kier molecular flexibility index (Phi) is 6.72. The topological polar surface area (TPSA) is 68.7 Å². The summed E-state index contributed by atoms with van der Waals surface area (Å²) in [6.07, 6.45) is 1.56. The highest BCUT2D eigenvalue weighted by Gasteiger charge is 2.20. The number of fused-ring (bicyclic) bond motifs is 1. The molecule has 30 heavy (non-hydrogen) atoms. The fraction of sp³-hybridized carbons (Fsp3) is 0.333. The van der Waals surface area contributed by atoms with Gasteiger partial charge in [-0.1, -0.05) is 15.9 Å². The van der Waals surface area contributed by atoms with Crippen molar-refractivity contribution in [2.24, 2.45) is 0 Å². The van der Waals surface area contributed by atoms with Crippen LogP contribution in [0, 0.1) is 0 Å². The average molecular weight is 538 g/mol. The maximum Gasteiger partial charge on any atom is 0.163 e. The number of halogens is 2. The number of aromatic nitrogens is 2. The molecule has 1 N–H and O–H groups in total. The summed E-state index contributed by atoms with van der Waals surface area (Å²) >= 11 is 7.04. The molecule has 1 atom stereocenters. The van der Waals surface area contributed by atoms with Gasteiger partial charge in [0, 0.05) is 33.5 Å². The Bertz CT molecular complexity index is 1050. The fourth-order valence-corrected chi connectivity index (χ4v) is 4.45. The largest absolute Gasteiger partial charge is 0.493 e. The molecular formula is C21H22Br2N4O3. The lowest BCUT2D eigenvalue weighted by Gasteiger charge is -2.30. The van der Waals surface area contributed by atoms with E-state index in [9.17, 15) is 0 Å². The van der Waals surface area contributed by atoms with E-state index in [0.29, 0.717) is 30.5 Å². The Hall–Kier alpha value is -1.94. The second kappa shape index (κ2) is 9.47. The number of hydrogen-bond acceptors (Lipinski definition) is 7. The predicted molar refractivity (Wildman–Crippen MR) is 124 cm³/mol. The van der Waals surface area contributed by atoms with Crippen LogP contribution in [0.1, 0.15) is 0 Å². The van der Waals surface area contributed by atoms with E-state index in [1.54, 1.807) is 7.11 Å². The summed E-state index contributed by atoms with van der Waals surface area (Å²) in [6.45, 7) is 2.95. The Morgan fingerprint density at radius 3 is 2.83 bits per heavy atom. The van der Waals surface area contributed by atoms with E-state index in [1.807, 2.05) is 30.3 Å². The van der Waals surface area contributed by atoms with Gasteiger partial charge in [-0.15, -0.1) is 0 Å². The third-order valence-corrected chi connectivity index (χ3v) is 6.02. The van der Waals surface area contributed by atoms with Crippen molar-refractivity contribution < 1.29 is 14.2 Å². The van der Waals surface area contributed by atoms with Gasteiger partial charge in [0.1, 0.15) is 24.9 Å². The minimum absolute atomic E-state index is 0.0292. The van der Waals surface area contributed by atoms with Crippen LogP contribution >= 0.6 is 31.9 Å². The van der Waals surface area contributed by atoms with Crippen molar-refractivity contribution in [3.05, 3.63) is 45.6 Å². The van der Waals surface area contributed by atoms with Crippen LogP contribution in [-0.2, 0) is 4.74 Å². The number of morpholine rings is 1. The molecule has 1 aliphatic rings. The van der Waals surface area contributed by atoms with Gasteiger partial charge in [-0.05, 0) is 47.2 Å². The zero-order valence-electron chi connectivity index (χ0n) is 16.7. The molecule has 0 radical (unpaired) electrons. The average Bonchev–Trinajstić information content (AvgIpc) is 2.74. The van der Waals surface area contributed by atoms with Crippen molar-refractivity contribution >= 4 is 54.3 Å². The zero-order valence-corrected chi connectivity index (χ0v) is 19.9. The van der Waals surface area contributed by atoms with E-state index < -0.39 is 0 Å². The van der Waals surface area contributed by atoms with Crippen molar-refractivity contribution in [2.45, 2.75) is 6.10 Å². The molecular weight excluding hydrogens is 516 g/mol. The van der Waals surface area contributed by atoms with Crippen molar-refractivity contribution in [3.8, 4) is 11.5 Å². The molecule has 0 bridgehead atoms. The van der Waals surface area contributed by atoms with E-state index >= 15 is 0 Å². The number of rotatable bonds is 6.